The highest BCUT2D eigenvalue weighted by molar-refractivity contribution is 7.99. The van der Waals surface area contributed by atoms with Crippen LogP contribution in [0, 0.1) is 5.92 Å². The van der Waals surface area contributed by atoms with Gasteiger partial charge in [-0.25, -0.2) is 0 Å². The van der Waals surface area contributed by atoms with Gasteiger partial charge in [-0.1, -0.05) is 31.5 Å². The largest absolute Gasteiger partial charge is 0.313 e. The molecule has 0 aliphatic heterocycles. The predicted octanol–water partition coefficient (Wildman–Crippen LogP) is 3.95. The molecule has 94 valence electrons. The second-order valence-corrected chi connectivity index (χ2v) is 6.07. The van der Waals surface area contributed by atoms with Gasteiger partial charge in [0.25, 0.3) is 0 Å². The Hall–Kier alpha value is -0.470. The van der Waals surface area contributed by atoms with Gasteiger partial charge in [-0.15, -0.1) is 11.8 Å². The molecule has 2 heteroatoms. The molecule has 1 fully saturated rings. The zero-order valence-corrected chi connectivity index (χ0v) is 11.5. The summed E-state index contributed by atoms with van der Waals surface area (Å²) in [5.74, 6) is 2.16. The average Bonchev–Trinajstić information content (AvgIpc) is 2.84. The molecular weight excluding hydrogens is 226 g/mol. The summed E-state index contributed by atoms with van der Waals surface area (Å²) in [6, 6.07) is 11.5. The first-order valence-electron chi connectivity index (χ1n) is 6.79. The molecule has 1 aromatic carbocycles. The van der Waals surface area contributed by atoms with Crippen molar-refractivity contribution in [2.75, 3.05) is 12.3 Å². The lowest BCUT2D eigenvalue weighted by Gasteiger charge is -2.12. The molecule has 0 heterocycles. The Morgan fingerprint density at radius 1 is 1.24 bits per heavy atom. The van der Waals surface area contributed by atoms with Crippen molar-refractivity contribution in [1.29, 1.82) is 0 Å². The summed E-state index contributed by atoms with van der Waals surface area (Å²) in [6.45, 7) is 3.46. The van der Waals surface area contributed by atoms with Crippen molar-refractivity contribution in [3.63, 3.8) is 0 Å². The lowest BCUT2D eigenvalue weighted by molar-refractivity contribution is 0.486. The predicted molar refractivity (Wildman–Crippen MR) is 76.6 cm³/mol. The van der Waals surface area contributed by atoms with Gasteiger partial charge in [0.05, 0.1) is 0 Å². The molecule has 0 saturated heterocycles. The van der Waals surface area contributed by atoms with Crippen LogP contribution in [0.5, 0.6) is 0 Å². The highest BCUT2D eigenvalue weighted by atomic mass is 32.2. The molecule has 1 nitrogen and oxygen atoms in total. The van der Waals surface area contributed by atoms with Crippen LogP contribution in [0.3, 0.4) is 0 Å². The van der Waals surface area contributed by atoms with Crippen LogP contribution in [0.1, 0.15) is 32.6 Å². The minimum atomic E-state index is 0.788. The Morgan fingerprint density at radius 3 is 2.76 bits per heavy atom. The molecule has 0 amide bonds. The summed E-state index contributed by atoms with van der Waals surface area (Å²) in [5, 5.41) is 3.70. The lowest BCUT2D eigenvalue weighted by atomic mass is 10.1. The molecule has 0 spiro atoms. The average molecular weight is 249 g/mol. The Kier molecular flexibility index (Phi) is 5.40. The molecule has 2 unspecified atom stereocenters. The van der Waals surface area contributed by atoms with Crippen molar-refractivity contribution in [3.05, 3.63) is 30.3 Å². The van der Waals surface area contributed by atoms with Gasteiger partial charge in [0.15, 0.2) is 0 Å². The quantitative estimate of drug-likeness (QED) is 0.605. The van der Waals surface area contributed by atoms with Gasteiger partial charge in [0.2, 0.25) is 0 Å². The van der Waals surface area contributed by atoms with Gasteiger partial charge < -0.3 is 5.32 Å². The number of thioether (sulfide) groups is 1. The smallest absolute Gasteiger partial charge is 0.0106 e. The topological polar surface area (TPSA) is 12.0 Å². The van der Waals surface area contributed by atoms with Crippen molar-refractivity contribution in [1.82, 2.24) is 5.32 Å². The first kappa shape index (κ1) is 13.0. The van der Waals surface area contributed by atoms with E-state index in [4.69, 9.17) is 0 Å². The fourth-order valence-electron chi connectivity index (χ4n) is 2.58. The van der Waals surface area contributed by atoms with Gasteiger partial charge in [-0.05, 0) is 37.3 Å². The number of hydrogen-bond acceptors (Lipinski definition) is 2. The number of benzene rings is 1. The van der Waals surface area contributed by atoms with E-state index in [-0.39, 0.29) is 0 Å². The number of nitrogens with one attached hydrogen (secondary N) is 1. The minimum absolute atomic E-state index is 0.788. The second-order valence-electron chi connectivity index (χ2n) is 4.90. The van der Waals surface area contributed by atoms with Crippen LogP contribution < -0.4 is 5.32 Å². The van der Waals surface area contributed by atoms with Gasteiger partial charge in [0, 0.05) is 23.2 Å². The third kappa shape index (κ3) is 4.36. The molecule has 2 atom stereocenters. The molecule has 1 aliphatic carbocycles. The summed E-state index contributed by atoms with van der Waals surface area (Å²) >= 11 is 1.95. The fourth-order valence-corrected chi connectivity index (χ4v) is 3.38. The first-order valence-corrected chi connectivity index (χ1v) is 7.78. The van der Waals surface area contributed by atoms with Crippen molar-refractivity contribution in [3.8, 4) is 0 Å². The van der Waals surface area contributed by atoms with E-state index in [0.29, 0.717) is 0 Å². The van der Waals surface area contributed by atoms with Gasteiger partial charge in [0.1, 0.15) is 0 Å². The first-order chi connectivity index (χ1) is 8.38. The Labute approximate surface area is 109 Å². The van der Waals surface area contributed by atoms with E-state index in [1.54, 1.807) is 0 Å². The molecule has 17 heavy (non-hydrogen) atoms. The van der Waals surface area contributed by atoms with E-state index in [0.717, 1.165) is 18.5 Å². The van der Waals surface area contributed by atoms with Crippen molar-refractivity contribution in [2.24, 2.45) is 5.92 Å². The van der Waals surface area contributed by atoms with Crippen molar-refractivity contribution >= 4 is 11.8 Å². The third-order valence-electron chi connectivity index (χ3n) is 3.67. The monoisotopic (exact) mass is 249 g/mol. The number of rotatable bonds is 6. The molecule has 0 bridgehead atoms. The molecular formula is C15H23NS. The summed E-state index contributed by atoms with van der Waals surface area (Å²) in [7, 11) is 0. The van der Waals surface area contributed by atoms with Gasteiger partial charge >= 0.3 is 0 Å². The van der Waals surface area contributed by atoms with Crippen molar-refractivity contribution in [2.45, 2.75) is 43.5 Å². The third-order valence-corrected chi connectivity index (χ3v) is 4.68. The van der Waals surface area contributed by atoms with Crippen LogP contribution in [0.15, 0.2) is 35.2 Å². The van der Waals surface area contributed by atoms with E-state index < -0.39 is 0 Å². The van der Waals surface area contributed by atoms with E-state index in [1.807, 2.05) is 11.8 Å². The van der Waals surface area contributed by atoms with E-state index in [2.05, 4.69) is 42.6 Å². The van der Waals surface area contributed by atoms with Crippen LogP contribution in [0.2, 0.25) is 0 Å². The summed E-state index contributed by atoms with van der Waals surface area (Å²) in [6.07, 6.45) is 5.57. The maximum absolute atomic E-state index is 3.70. The highest BCUT2D eigenvalue weighted by Gasteiger charge is 2.22. The van der Waals surface area contributed by atoms with Crippen LogP contribution in [0.25, 0.3) is 0 Å². The molecule has 0 aromatic heterocycles. The molecule has 2 rings (SSSR count). The van der Waals surface area contributed by atoms with E-state index >= 15 is 0 Å². The van der Waals surface area contributed by atoms with Crippen molar-refractivity contribution < 1.29 is 0 Å². The van der Waals surface area contributed by atoms with Crippen LogP contribution in [-0.4, -0.2) is 18.3 Å². The fraction of sp³-hybridized carbons (Fsp3) is 0.600. The summed E-state index contributed by atoms with van der Waals surface area (Å²) in [5.41, 5.74) is 0. The molecule has 0 radical (unpaired) electrons. The lowest BCUT2D eigenvalue weighted by Crippen LogP contribution is -2.28. The summed E-state index contributed by atoms with van der Waals surface area (Å²) in [4.78, 5) is 1.38. The van der Waals surface area contributed by atoms with E-state index in [1.165, 1.54) is 36.3 Å². The second kappa shape index (κ2) is 7.07. The Bertz CT molecular complexity index is 312. The standard InChI is InChI=1S/C15H23NS/c1-2-13-8-9-14(12-13)16-10-11-17-15-6-4-3-5-7-15/h3-7,13-14,16H,2,8-12H2,1H3. The Morgan fingerprint density at radius 2 is 2.06 bits per heavy atom. The Balaban J connectivity index is 1.58. The zero-order valence-electron chi connectivity index (χ0n) is 10.7. The SMILES string of the molecule is CCC1CCC(NCCSc2ccccc2)C1. The number of hydrogen-bond donors (Lipinski definition) is 1. The van der Waals surface area contributed by atoms with Crippen LogP contribution in [0.4, 0.5) is 0 Å². The molecule has 1 aliphatic rings. The molecule has 1 N–H and O–H groups in total. The van der Waals surface area contributed by atoms with Gasteiger partial charge in [-0.2, -0.15) is 0 Å². The van der Waals surface area contributed by atoms with Crippen LogP contribution in [-0.2, 0) is 0 Å². The molecule has 1 saturated carbocycles. The van der Waals surface area contributed by atoms with Crippen LogP contribution >= 0.6 is 11.8 Å². The maximum atomic E-state index is 3.70. The maximum Gasteiger partial charge on any atom is 0.0106 e. The molecule has 1 aromatic rings. The normalized spacial score (nSPS) is 24.1. The summed E-state index contributed by atoms with van der Waals surface area (Å²) < 4.78 is 0. The van der Waals surface area contributed by atoms with Gasteiger partial charge in [-0.3, -0.25) is 0 Å². The minimum Gasteiger partial charge on any atom is -0.313 e. The zero-order chi connectivity index (χ0) is 11.9. The highest BCUT2D eigenvalue weighted by Crippen LogP contribution is 2.27. The van der Waals surface area contributed by atoms with E-state index in [9.17, 15) is 0 Å².